The molecule has 0 fully saturated rings. The van der Waals surface area contributed by atoms with Crippen LogP contribution in [0, 0.1) is 6.92 Å². The van der Waals surface area contributed by atoms with Crippen LogP contribution in [0.3, 0.4) is 0 Å². The predicted octanol–water partition coefficient (Wildman–Crippen LogP) is 3.82. The highest BCUT2D eigenvalue weighted by molar-refractivity contribution is 7.99. The summed E-state index contributed by atoms with van der Waals surface area (Å²) in [4.78, 5) is 4.29. The van der Waals surface area contributed by atoms with Gasteiger partial charge in [0, 0.05) is 11.1 Å². The molecule has 0 spiro atoms. The second-order valence-electron chi connectivity index (χ2n) is 4.17. The van der Waals surface area contributed by atoms with Crippen LogP contribution >= 0.6 is 23.4 Å². The molecular formula is C13H15ClN2OS. The SMILES string of the molecule is Cc1coc(SC(c2ccccc2Cl)C(C)N)n1. The summed E-state index contributed by atoms with van der Waals surface area (Å²) in [6.07, 6.45) is 1.63. The van der Waals surface area contributed by atoms with E-state index in [0.717, 1.165) is 16.3 Å². The topological polar surface area (TPSA) is 52.0 Å². The summed E-state index contributed by atoms with van der Waals surface area (Å²) in [5, 5.41) is 1.36. The fraction of sp³-hybridized carbons (Fsp3) is 0.308. The molecule has 1 heterocycles. The standard InChI is InChI=1S/C13H15ClN2OS/c1-8-7-17-13(16-8)18-12(9(2)15)10-5-3-4-6-11(10)14/h3-7,9,12H,15H2,1-2H3. The van der Waals surface area contributed by atoms with Crippen LogP contribution in [0.4, 0.5) is 0 Å². The van der Waals surface area contributed by atoms with Crippen molar-refractivity contribution in [2.75, 3.05) is 0 Å². The molecule has 2 N–H and O–H groups in total. The van der Waals surface area contributed by atoms with Crippen molar-refractivity contribution in [3.8, 4) is 0 Å². The van der Waals surface area contributed by atoms with Gasteiger partial charge in [0.15, 0.2) is 0 Å². The zero-order valence-electron chi connectivity index (χ0n) is 10.3. The quantitative estimate of drug-likeness (QED) is 0.866. The van der Waals surface area contributed by atoms with E-state index in [-0.39, 0.29) is 11.3 Å². The number of aryl methyl sites for hydroxylation is 1. The number of oxazole rings is 1. The number of nitrogens with two attached hydrogens (primary N) is 1. The molecule has 18 heavy (non-hydrogen) atoms. The molecule has 2 unspecified atom stereocenters. The molecule has 2 aromatic rings. The summed E-state index contributed by atoms with van der Waals surface area (Å²) in [6, 6.07) is 7.66. The minimum atomic E-state index is -0.0536. The number of halogens is 1. The second kappa shape index (κ2) is 5.78. The van der Waals surface area contributed by atoms with Gasteiger partial charge in [-0.1, -0.05) is 41.6 Å². The van der Waals surface area contributed by atoms with E-state index in [9.17, 15) is 0 Å². The van der Waals surface area contributed by atoms with Gasteiger partial charge in [0.05, 0.1) is 10.9 Å². The van der Waals surface area contributed by atoms with E-state index in [1.165, 1.54) is 11.8 Å². The van der Waals surface area contributed by atoms with Crippen molar-refractivity contribution in [3.05, 3.63) is 46.8 Å². The zero-order chi connectivity index (χ0) is 13.1. The number of rotatable bonds is 4. The molecule has 0 aliphatic carbocycles. The molecule has 0 saturated carbocycles. The summed E-state index contributed by atoms with van der Waals surface area (Å²) in [5.41, 5.74) is 7.91. The third-order valence-electron chi connectivity index (χ3n) is 2.52. The summed E-state index contributed by atoms with van der Waals surface area (Å²) in [6.45, 7) is 3.85. The van der Waals surface area contributed by atoms with Gasteiger partial charge in [-0.15, -0.1) is 0 Å². The minimum absolute atomic E-state index is 0.0248. The number of aromatic nitrogens is 1. The number of benzene rings is 1. The van der Waals surface area contributed by atoms with E-state index in [2.05, 4.69) is 4.98 Å². The predicted molar refractivity (Wildman–Crippen MR) is 74.9 cm³/mol. The maximum atomic E-state index is 6.21. The summed E-state index contributed by atoms with van der Waals surface area (Å²) >= 11 is 7.71. The monoisotopic (exact) mass is 282 g/mol. The molecule has 0 amide bonds. The molecule has 1 aromatic heterocycles. The van der Waals surface area contributed by atoms with Gasteiger partial charge in [0.1, 0.15) is 6.26 Å². The average Bonchev–Trinajstić information content (AvgIpc) is 2.73. The summed E-state index contributed by atoms with van der Waals surface area (Å²) in [5.74, 6) is 0. The highest BCUT2D eigenvalue weighted by atomic mass is 35.5. The first-order chi connectivity index (χ1) is 8.58. The number of thioether (sulfide) groups is 1. The van der Waals surface area contributed by atoms with Crippen LogP contribution in [0.25, 0.3) is 0 Å². The smallest absolute Gasteiger partial charge is 0.256 e. The van der Waals surface area contributed by atoms with Crippen LogP contribution in [0.5, 0.6) is 0 Å². The molecule has 0 saturated heterocycles. The van der Waals surface area contributed by atoms with Gasteiger partial charge < -0.3 is 10.2 Å². The Morgan fingerprint density at radius 1 is 1.39 bits per heavy atom. The van der Waals surface area contributed by atoms with Gasteiger partial charge in [-0.2, -0.15) is 0 Å². The van der Waals surface area contributed by atoms with Crippen molar-refractivity contribution in [1.82, 2.24) is 4.98 Å². The van der Waals surface area contributed by atoms with E-state index in [4.69, 9.17) is 21.8 Å². The van der Waals surface area contributed by atoms with Crippen molar-refractivity contribution in [1.29, 1.82) is 0 Å². The lowest BCUT2D eigenvalue weighted by Crippen LogP contribution is -2.22. The zero-order valence-corrected chi connectivity index (χ0v) is 11.8. The Morgan fingerprint density at radius 2 is 2.11 bits per heavy atom. The first-order valence-corrected chi connectivity index (χ1v) is 6.92. The van der Waals surface area contributed by atoms with Gasteiger partial charge in [-0.3, -0.25) is 0 Å². The highest BCUT2D eigenvalue weighted by Crippen LogP contribution is 2.39. The van der Waals surface area contributed by atoms with E-state index in [0.29, 0.717) is 5.22 Å². The third kappa shape index (κ3) is 3.07. The Kier molecular flexibility index (Phi) is 4.32. The maximum Gasteiger partial charge on any atom is 0.256 e. The normalized spacial score (nSPS) is 14.4. The number of hydrogen-bond acceptors (Lipinski definition) is 4. The lowest BCUT2D eigenvalue weighted by Gasteiger charge is -2.20. The first-order valence-electron chi connectivity index (χ1n) is 5.66. The molecular weight excluding hydrogens is 268 g/mol. The van der Waals surface area contributed by atoms with Crippen LogP contribution in [0.15, 0.2) is 40.2 Å². The average molecular weight is 283 g/mol. The van der Waals surface area contributed by atoms with Crippen molar-refractivity contribution >= 4 is 23.4 Å². The molecule has 0 radical (unpaired) electrons. The Hall–Kier alpha value is -0.970. The van der Waals surface area contributed by atoms with E-state index in [1.807, 2.05) is 38.1 Å². The van der Waals surface area contributed by atoms with Crippen LogP contribution in [-0.2, 0) is 0 Å². The van der Waals surface area contributed by atoms with Gasteiger partial charge >= 0.3 is 0 Å². The molecule has 96 valence electrons. The third-order valence-corrected chi connectivity index (χ3v) is 4.19. The molecule has 2 atom stereocenters. The van der Waals surface area contributed by atoms with Crippen molar-refractivity contribution in [3.63, 3.8) is 0 Å². The van der Waals surface area contributed by atoms with Crippen LogP contribution in [0.2, 0.25) is 5.02 Å². The molecule has 0 aliphatic heterocycles. The van der Waals surface area contributed by atoms with Gasteiger partial charge in [-0.05, 0) is 25.5 Å². The maximum absolute atomic E-state index is 6.21. The van der Waals surface area contributed by atoms with Gasteiger partial charge in [0.25, 0.3) is 5.22 Å². The van der Waals surface area contributed by atoms with Crippen LogP contribution < -0.4 is 5.73 Å². The Balaban J connectivity index is 2.27. The minimum Gasteiger partial charge on any atom is -0.440 e. The van der Waals surface area contributed by atoms with E-state index < -0.39 is 0 Å². The van der Waals surface area contributed by atoms with E-state index in [1.54, 1.807) is 6.26 Å². The van der Waals surface area contributed by atoms with Gasteiger partial charge in [-0.25, -0.2) is 4.98 Å². The van der Waals surface area contributed by atoms with E-state index >= 15 is 0 Å². The molecule has 5 heteroatoms. The number of nitrogens with zero attached hydrogens (tertiary/aromatic N) is 1. The lowest BCUT2D eigenvalue weighted by molar-refractivity contribution is 0.452. The van der Waals surface area contributed by atoms with Crippen molar-refractivity contribution in [2.24, 2.45) is 5.73 Å². The lowest BCUT2D eigenvalue weighted by atomic mass is 10.1. The van der Waals surface area contributed by atoms with Crippen molar-refractivity contribution < 1.29 is 4.42 Å². The van der Waals surface area contributed by atoms with Crippen LogP contribution in [-0.4, -0.2) is 11.0 Å². The molecule has 3 nitrogen and oxygen atoms in total. The fourth-order valence-electron chi connectivity index (χ4n) is 1.66. The summed E-state index contributed by atoms with van der Waals surface area (Å²) in [7, 11) is 0. The molecule has 0 bridgehead atoms. The number of hydrogen-bond donors (Lipinski definition) is 1. The first kappa shape index (κ1) is 13.5. The van der Waals surface area contributed by atoms with Crippen LogP contribution in [0.1, 0.15) is 23.4 Å². The van der Waals surface area contributed by atoms with Gasteiger partial charge in [0.2, 0.25) is 0 Å². The molecule has 1 aromatic carbocycles. The Morgan fingerprint density at radius 3 is 2.67 bits per heavy atom. The largest absolute Gasteiger partial charge is 0.440 e. The molecule has 0 aliphatic rings. The highest BCUT2D eigenvalue weighted by Gasteiger charge is 2.22. The fourth-order valence-corrected chi connectivity index (χ4v) is 3.04. The van der Waals surface area contributed by atoms with Crippen molar-refractivity contribution in [2.45, 2.75) is 30.4 Å². The molecule has 2 rings (SSSR count). The Labute approximate surface area is 116 Å². The Bertz CT molecular complexity index is 527. The summed E-state index contributed by atoms with van der Waals surface area (Å²) < 4.78 is 5.36. The second-order valence-corrected chi connectivity index (χ2v) is 5.67.